The summed E-state index contributed by atoms with van der Waals surface area (Å²) in [4.78, 5) is 0. The highest BCUT2D eigenvalue weighted by atomic mass is 16.3. The van der Waals surface area contributed by atoms with Crippen molar-refractivity contribution in [3.63, 3.8) is 0 Å². The van der Waals surface area contributed by atoms with E-state index < -0.39 is 0 Å². The quantitative estimate of drug-likeness (QED) is 0.835. The Hall–Kier alpha value is -1.55. The predicted molar refractivity (Wildman–Crippen MR) is 62.0 cm³/mol. The molecule has 0 saturated carbocycles. The minimum atomic E-state index is 0.226. The van der Waals surface area contributed by atoms with Crippen LogP contribution < -0.4 is 5.32 Å². The van der Waals surface area contributed by atoms with Gasteiger partial charge in [-0.25, -0.2) is 0 Å². The number of nitrogens with zero attached hydrogens (tertiary/aromatic N) is 2. The van der Waals surface area contributed by atoms with Gasteiger partial charge in [0.1, 0.15) is 5.76 Å². The third-order valence-electron chi connectivity index (χ3n) is 2.54. The first-order valence-corrected chi connectivity index (χ1v) is 5.54. The standard InChI is InChI=1S/C12H17N3O/c1-3-13-11(12-5-4-6-16-12)7-10-8-14-15(2)9-10/h4-6,8-9,11,13H,3,7H2,1-2H3. The zero-order chi connectivity index (χ0) is 11.4. The van der Waals surface area contributed by atoms with Crippen LogP contribution in [0, 0.1) is 0 Å². The van der Waals surface area contributed by atoms with Crippen LogP contribution in [0.3, 0.4) is 0 Å². The smallest absolute Gasteiger partial charge is 0.121 e. The molecule has 0 fully saturated rings. The molecule has 4 nitrogen and oxygen atoms in total. The topological polar surface area (TPSA) is 43.0 Å². The van der Waals surface area contributed by atoms with Crippen molar-refractivity contribution < 1.29 is 4.42 Å². The molecular formula is C12H17N3O. The molecule has 1 unspecified atom stereocenters. The molecule has 2 aromatic heterocycles. The average Bonchev–Trinajstić information content (AvgIpc) is 2.88. The van der Waals surface area contributed by atoms with Gasteiger partial charge in [-0.3, -0.25) is 4.68 Å². The lowest BCUT2D eigenvalue weighted by atomic mass is 10.1. The van der Waals surface area contributed by atoms with Crippen LogP contribution in [0.15, 0.2) is 35.2 Å². The monoisotopic (exact) mass is 219 g/mol. The fourth-order valence-electron chi connectivity index (χ4n) is 1.82. The molecule has 4 heteroatoms. The molecular weight excluding hydrogens is 202 g/mol. The summed E-state index contributed by atoms with van der Waals surface area (Å²) >= 11 is 0. The van der Waals surface area contributed by atoms with Gasteiger partial charge < -0.3 is 9.73 Å². The van der Waals surface area contributed by atoms with Gasteiger partial charge in [-0.05, 0) is 30.7 Å². The molecule has 2 rings (SSSR count). The molecule has 86 valence electrons. The number of likely N-dealkylation sites (N-methyl/N-ethyl adjacent to an activating group) is 1. The average molecular weight is 219 g/mol. The maximum atomic E-state index is 5.44. The second-order valence-corrected chi connectivity index (χ2v) is 3.85. The summed E-state index contributed by atoms with van der Waals surface area (Å²) in [7, 11) is 1.93. The molecule has 0 amide bonds. The fraction of sp³-hybridized carbons (Fsp3) is 0.417. The molecule has 0 aromatic carbocycles. The summed E-state index contributed by atoms with van der Waals surface area (Å²) in [5.74, 6) is 0.978. The third kappa shape index (κ3) is 2.52. The normalized spacial score (nSPS) is 12.9. The Kier molecular flexibility index (Phi) is 3.41. The van der Waals surface area contributed by atoms with Crippen LogP contribution in [0.1, 0.15) is 24.3 Å². The summed E-state index contributed by atoms with van der Waals surface area (Å²) < 4.78 is 7.26. The van der Waals surface area contributed by atoms with E-state index in [1.807, 2.05) is 36.3 Å². The summed E-state index contributed by atoms with van der Waals surface area (Å²) in [5, 5.41) is 7.58. The maximum Gasteiger partial charge on any atom is 0.121 e. The lowest BCUT2D eigenvalue weighted by Crippen LogP contribution is -2.22. The Morgan fingerprint density at radius 3 is 3.00 bits per heavy atom. The van der Waals surface area contributed by atoms with Gasteiger partial charge in [0, 0.05) is 13.2 Å². The number of furan rings is 1. The van der Waals surface area contributed by atoms with Crippen LogP contribution in [-0.2, 0) is 13.5 Å². The van der Waals surface area contributed by atoms with Crippen LogP contribution >= 0.6 is 0 Å². The van der Waals surface area contributed by atoms with Crippen LogP contribution in [-0.4, -0.2) is 16.3 Å². The van der Waals surface area contributed by atoms with Crippen molar-refractivity contribution in [2.45, 2.75) is 19.4 Å². The van der Waals surface area contributed by atoms with Crippen LogP contribution in [0.25, 0.3) is 0 Å². The fourth-order valence-corrected chi connectivity index (χ4v) is 1.82. The molecule has 2 aromatic rings. The van der Waals surface area contributed by atoms with Crippen molar-refractivity contribution in [3.05, 3.63) is 42.1 Å². The molecule has 0 aliphatic heterocycles. The molecule has 0 radical (unpaired) electrons. The Bertz CT molecular complexity index is 419. The van der Waals surface area contributed by atoms with Gasteiger partial charge in [-0.15, -0.1) is 0 Å². The van der Waals surface area contributed by atoms with Crippen LogP contribution in [0.4, 0.5) is 0 Å². The first kappa shape index (κ1) is 11.0. The van der Waals surface area contributed by atoms with Crippen molar-refractivity contribution in [2.24, 2.45) is 7.05 Å². The van der Waals surface area contributed by atoms with Gasteiger partial charge in [0.25, 0.3) is 0 Å². The summed E-state index contributed by atoms with van der Waals surface area (Å²) in [5.41, 5.74) is 1.21. The molecule has 0 aliphatic carbocycles. The zero-order valence-corrected chi connectivity index (χ0v) is 9.68. The highest BCUT2D eigenvalue weighted by Crippen LogP contribution is 2.18. The number of nitrogens with one attached hydrogen (secondary N) is 1. The third-order valence-corrected chi connectivity index (χ3v) is 2.54. The highest BCUT2D eigenvalue weighted by Gasteiger charge is 2.14. The Morgan fingerprint density at radius 2 is 2.44 bits per heavy atom. The Balaban J connectivity index is 2.09. The number of hydrogen-bond donors (Lipinski definition) is 1. The van der Waals surface area contributed by atoms with E-state index in [0.29, 0.717) is 0 Å². The van der Waals surface area contributed by atoms with Gasteiger partial charge in [0.05, 0.1) is 18.5 Å². The summed E-state index contributed by atoms with van der Waals surface area (Å²) in [6.45, 7) is 3.02. The Labute approximate surface area is 95.3 Å². The van der Waals surface area contributed by atoms with Gasteiger partial charge in [0.2, 0.25) is 0 Å². The van der Waals surface area contributed by atoms with Gasteiger partial charge >= 0.3 is 0 Å². The largest absolute Gasteiger partial charge is 0.468 e. The highest BCUT2D eigenvalue weighted by molar-refractivity contribution is 5.12. The zero-order valence-electron chi connectivity index (χ0n) is 9.68. The van der Waals surface area contributed by atoms with Gasteiger partial charge in [-0.1, -0.05) is 6.92 Å². The second kappa shape index (κ2) is 4.99. The van der Waals surface area contributed by atoms with Crippen LogP contribution in [0.5, 0.6) is 0 Å². The predicted octanol–water partition coefficient (Wildman–Crippen LogP) is 1.91. The van der Waals surface area contributed by atoms with Crippen molar-refractivity contribution in [3.8, 4) is 0 Å². The molecule has 0 bridgehead atoms. The van der Waals surface area contributed by atoms with Crippen molar-refractivity contribution in [1.82, 2.24) is 15.1 Å². The van der Waals surface area contributed by atoms with Gasteiger partial charge in [0.15, 0.2) is 0 Å². The molecule has 1 atom stereocenters. The van der Waals surface area contributed by atoms with E-state index >= 15 is 0 Å². The Morgan fingerprint density at radius 1 is 1.56 bits per heavy atom. The molecule has 0 saturated heterocycles. The minimum absolute atomic E-state index is 0.226. The molecule has 0 spiro atoms. The summed E-state index contributed by atoms with van der Waals surface area (Å²) in [6, 6.07) is 4.15. The van der Waals surface area contributed by atoms with Crippen molar-refractivity contribution >= 4 is 0 Å². The van der Waals surface area contributed by atoms with E-state index in [1.165, 1.54) is 5.56 Å². The molecule has 16 heavy (non-hydrogen) atoms. The number of aryl methyl sites for hydroxylation is 1. The van der Waals surface area contributed by atoms with Gasteiger partial charge in [-0.2, -0.15) is 5.10 Å². The molecule has 1 N–H and O–H groups in total. The van der Waals surface area contributed by atoms with Crippen molar-refractivity contribution in [2.75, 3.05) is 6.54 Å². The van der Waals surface area contributed by atoms with Crippen LogP contribution in [0.2, 0.25) is 0 Å². The molecule has 0 aliphatic rings. The second-order valence-electron chi connectivity index (χ2n) is 3.85. The lowest BCUT2D eigenvalue weighted by molar-refractivity contribution is 0.416. The van der Waals surface area contributed by atoms with E-state index in [1.54, 1.807) is 6.26 Å². The molecule has 2 heterocycles. The SMILES string of the molecule is CCNC(Cc1cnn(C)c1)c1ccco1. The van der Waals surface area contributed by atoms with E-state index in [0.717, 1.165) is 18.7 Å². The van der Waals surface area contributed by atoms with E-state index in [9.17, 15) is 0 Å². The minimum Gasteiger partial charge on any atom is -0.468 e. The van der Waals surface area contributed by atoms with E-state index in [4.69, 9.17) is 4.42 Å². The number of rotatable bonds is 5. The number of hydrogen-bond acceptors (Lipinski definition) is 3. The van der Waals surface area contributed by atoms with E-state index in [2.05, 4.69) is 17.3 Å². The number of aromatic nitrogens is 2. The van der Waals surface area contributed by atoms with E-state index in [-0.39, 0.29) is 6.04 Å². The van der Waals surface area contributed by atoms with Crippen molar-refractivity contribution in [1.29, 1.82) is 0 Å². The first-order valence-electron chi connectivity index (χ1n) is 5.54. The summed E-state index contributed by atoms with van der Waals surface area (Å²) in [6.07, 6.45) is 6.54. The maximum absolute atomic E-state index is 5.44. The first-order chi connectivity index (χ1) is 7.79. The lowest BCUT2D eigenvalue weighted by Gasteiger charge is -2.14.